The molecular weight excluding hydrogens is 278 g/mol. The van der Waals surface area contributed by atoms with Gasteiger partial charge in [0.05, 0.1) is 10.7 Å². The number of anilines is 2. The summed E-state index contributed by atoms with van der Waals surface area (Å²) < 4.78 is 0. The Labute approximate surface area is 129 Å². The second-order valence-corrected chi connectivity index (χ2v) is 6.66. The topological polar surface area (TPSA) is 61.8 Å². The summed E-state index contributed by atoms with van der Waals surface area (Å²) in [6.45, 7) is 2.98. The second kappa shape index (κ2) is 5.79. The van der Waals surface area contributed by atoms with E-state index >= 15 is 0 Å². The van der Waals surface area contributed by atoms with Crippen molar-refractivity contribution in [1.82, 2.24) is 0 Å². The monoisotopic (exact) mass is 297 g/mol. The Hall–Kier alpha value is -1.99. The number of nitrogen functional groups attached to an aromatic ring is 1. The maximum atomic E-state index is 9.14. The molecule has 0 amide bonds. The van der Waals surface area contributed by atoms with Crippen LogP contribution in [0.2, 0.25) is 0 Å². The van der Waals surface area contributed by atoms with E-state index in [0.29, 0.717) is 16.5 Å². The molecular formula is C17H19N3S. The number of nitriles is 1. The third-order valence-corrected chi connectivity index (χ3v) is 4.94. The second-order valence-electron chi connectivity index (χ2n) is 5.64. The molecule has 1 aromatic heterocycles. The highest BCUT2D eigenvalue weighted by Crippen LogP contribution is 2.50. The largest absolute Gasteiger partial charge is 0.397 e. The van der Waals surface area contributed by atoms with Gasteiger partial charge in [0.1, 0.15) is 10.9 Å². The molecule has 1 aliphatic carbocycles. The van der Waals surface area contributed by atoms with Gasteiger partial charge in [0.25, 0.3) is 0 Å². The molecule has 1 aliphatic rings. The summed E-state index contributed by atoms with van der Waals surface area (Å²) in [5.74, 6) is 0.560. The number of nitrogens with one attached hydrogen (secondary N) is 1. The minimum Gasteiger partial charge on any atom is -0.397 e. The molecule has 0 unspecified atom stereocenters. The molecule has 3 rings (SSSR count). The van der Waals surface area contributed by atoms with Crippen LogP contribution >= 0.6 is 11.3 Å². The highest BCUT2D eigenvalue weighted by molar-refractivity contribution is 7.17. The van der Waals surface area contributed by atoms with Crippen LogP contribution in [-0.2, 0) is 6.42 Å². The van der Waals surface area contributed by atoms with Gasteiger partial charge in [-0.2, -0.15) is 5.26 Å². The van der Waals surface area contributed by atoms with Gasteiger partial charge in [0.15, 0.2) is 0 Å². The number of nitrogens with zero attached hydrogens (tertiary/aromatic N) is 1. The average molecular weight is 297 g/mol. The van der Waals surface area contributed by atoms with Crippen molar-refractivity contribution < 1.29 is 0 Å². The van der Waals surface area contributed by atoms with Crippen LogP contribution in [0.4, 0.5) is 10.7 Å². The standard InChI is InChI=1S/C17H19N3S/c1-11-3-2-4-12(9-11)7-8-20-17-15(13-5-6-13)16(19)14(10-18)21-17/h2-4,9,13,20H,5-8,19H2,1H3. The number of nitrogens with two attached hydrogens (primary N) is 1. The molecule has 0 spiro atoms. The first kappa shape index (κ1) is 14.0. The number of hydrogen-bond donors (Lipinski definition) is 2. The lowest BCUT2D eigenvalue weighted by Gasteiger charge is -2.08. The molecule has 1 heterocycles. The van der Waals surface area contributed by atoms with E-state index in [-0.39, 0.29) is 0 Å². The van der Waals surface area contributed by atoms with E-state index in [1.807, 2.05) is 0 Å². The van der Waals surface area contributed by atoms with Gasteiger partial charge in [-0.05, 0) is 37.7 Å². The minimum absolute atomic E-state index is 0.560. The van der Waals surface area contributed by atoms with E-state index in [1.165, 1.54) is 40.9 Å². The molecule has 0 saturated heterocycles. The average Bonchev–Trinajstić information content (AvgIpc) is 3.24. The van der Waals surface area contributed by atoms with E-state index in [1.54, 1.807) is 0 Å². The third-order valence-electron chi connectivity index (χ3n) is 3.85. The van der Waals surface area contributed by atoms with Crippen LogP contribution in [0.1, 0.15) is 40.3 Å². The number of benzene rings is 1. The molecule has 1 saturated carbocycles. The molecule has 3 nitrogen and oxygen atoms in total. The van der Waals surface area contributed by atoms with Gasteiger partial charge < -0.3 is 11.1 Å². The summed E-state index contributed by atoms with van der Waals surface area (Å²) in [7, 11) is 0. The van der Waals surface area contributed by atoms with Crippen LogP contribution < -0.4 is 11.1 Å². The Bertz CT molecular complexity index is 693. The van der Waals surface area contributed by atoms with Crippen molar-refractivity contribution in [2.24, 2.45) is 0 Å². The van der Waals surface area contributed by atoms with E-state index < -0.39 is 0 Å². The van der Waals surface area contributed by atoms with Gasteiger partial charge in [-0.25, -0.2) is 0 Å². The first-order valence-corrected chi connectivity index (χ1v) is 8.12. The lowest BCUT2D eigenvalue weighted by molar-refractivity contribution is 1.01. The lowest BCUT2D eigenvalue weighted by atomic mass is 10.1. The molecule has 4 heteroatoms. The van der Waals surface area contributed by atoms with Gasteiger partial charge >= 0.3 is 0 Å². The van der Waals surface area contributed by atoms with Crippen LogP contribution in [0, 0.1) is 18.3 Å². The van der Waals surface area contributed by atoms with Gasteiger partial charge in [0.2, 0.25) is 0 Å². The first-order valence-electron chi connectivity index (χ1n) is 7.30. The van der Waals surface area contributed by atoms with E-state index in [2.05, 4.69) is 42.6 Å². The predicted octanol–water partition coefficient (Wildman–Crippen LogP) is 4.04. The summed E-state index contributed by atoms with van der Waals surface area (Å²) in [6.07, 6.45) is 3.36. The fraction of sp³-hybridized carbons (Fsp3) is 0.353. The van der Waals surface area contributed by atoms with E-state index in [9.17, 15) is 0 Å². The number of thiophene rings is 1. The van der Waals surface area contributed by atoms with Crippen LogP contribution in [0.25, 0.3) is 0 Å². The fourth-order valence-electron chi connectivity index (χ4n) is 2.64. The van der Waals surface area contributed by atoms with Crippen molar-refractivity contribution in [3.8, 4) is 6.07 Å². The van der Waals surface area contributed by atoms with Crippen LogP contribution in [0.3, 0.4) is 0 Å². The molecule has 2 aromatic rings. The highest BCUT2D eigenvalue weighted by Gasteiger charge is 2.31. The Morgan fingerprint density at radius 2 is 2.24 bits per heavy atom. The summed E-state index contributed by atoms with van der Waals surface area (Å²) in [4.78, 5) is 0.648. The molecule has 21 heavy (non-hydrogen) atoms. The van der Waals surface area contributed by atoms with Crippen molar-refractivity contribution in [1.29, 1.82) is 5.26 Å². The van der Waals surface area contributed by atoms with Crippen LogP contribution in [0.15, 0.2) is 24.3 Å². The molecule has 0 atom stereocenters. The maximum absolute atomic E-state index is 9.14. The smallest absolute Gasteiger partial charge is 0.130 e. The fourth-order valence-corrected chi connectivity index (χ4v) is 3.67. The quantitative estimate of drug-likeness (QED) is 0.875. The molecule has 1 fully saturated rings. The van der Waals surface area contributed by atoms with Gasteiger partial charge in [0, 0.05) is 12.1 Å². The van der Waals surface area contributed by atoms with Crippen LogP contribution in [0.5, 0.6) is 0 Å². The Kier molecular flexibility index (Phi) is 3.85. The third kappa shape index (κ3) is 3.03. The Morgan fingerprint density at radius 1 is 1.43 bits per heavy atom. The number of hydrogen-bond acceptors (Lipinski definition) is 4. The van der Waals surface area contributed by atoms with Crippen molar-refractivity contribution in [3.63, 3.8) is 0 Å². The molecule has 1 aromatic carbocycles. The summed E-state index contributed by atoms with van der Waals surface area (Å²) in [6, 6.07) is 10.8. The number of aryl methyl sites for hydroxylation is 1. The minimum atomic E-state index is 0.560. The van der Waals surface area contributed by atoms with Gasteiger partial charge in [-0.3, -0.25) is 0 Å². The molecule has 108 valence electrons. The SMILES string of the molecule is Cc1cccc(CCNc2sc(C#N)c(N)c2C2CC2)c1. The van der Waals surface area contributed by atoms with Gasteiger partial charge in [-0.15, -0.1) is 11.3 Å². The Balaban J connectivity index is 1.69. The van der Waals surface area contributed by atoms with Crippen molar-refractivity contribution in [3.05, 3.63) is 45.8 Å². The maximum Gasteiger partial charge on any atom is 0.130 e. The number of rotatable bonds is 5. The normalized spacial score (nSPS) is 13.9. The van der Waals surface area contributed by atoms with E-state index in [0.717, 1.165) is 18.0 Å². The van der Waals surface area contributed by atoms with Crippen molar-refractivity contribution >= 4 is 22.0 Å². The van der Waals surface area contributed by atoms with Crippen molar-refractivity contribution in [2.45, 2.75) is 32.1 Å². The molecule has 0 radical (unpaired) electrons. The predicted molar refractivity (Wildman–Crippen MR) is 88.8 cm³/mol. The molecule has 3 N–H and O–H groups in total. The zero-order valence-electron chi connectivity index (χ0n) is 12.1. The summed E-state index contributed by atoms with van der Waals surface area (Å²) in [5, 5.41) is 13.7. The van der Waals surface area contributed by atoms with E-state index in [4.69, 9.17) is 11.0 Å². The zero-order chi connectivity index (χ0) is 14.8. The summed E-state index contributed by atoms with van der Waals surface area (Å²) in [5.41, 5.74) is 10.6. The lowest BCUT2D eigenvalue weighted by Crippen LogP contribution is -2.05. The summed E-state index contributed by atoms with van der Waals surface area (Å²) >= 11 is 1.50. The van der Waals surface area contributed by atoms with Gasteiger partial charge in [-0.1, -0.05) is 29.8 Å². The Morgan fingerprint density at radius 3 is 2.90 bits per heavy atom. The molecule has 0 aliphatic heterocycles. The highest BCUT2D eigenvalue weighted by atomic mass is 32.1. The first-order chi connectivity index (χ1) is 10.2. The van der Waals surface area contributed by atoms with Crippen molar-refractivity contribution in [2.75, 3.05) is 17.6 Å². The zero-order valence-corrected chi connectivity index (χ0v) is 13.0. The molecule has 0 bridgehead atoms. The van der Waals surface area contributed by atoms with Crippen LogP contribution in [-0.4, -0.2) is 6.54 Å².